The van der Waals surface area contributed by atoms with Gasteiger partial charge in [-0.25, -0.2) is 4.79 Å². The number of ether oxygens (including phenoxy) is 1. The highest BCUT2D eigenvalue weighted by Crippen LogP contribution is 2.16. The number of nitrogens with one attached hydrogen (secondary N) is 1. The van der Waals surface area contributed by atoms with Crippen molar-refractivity contribution in [2.24, 2.45) is 0 Å². The SMILES string of the molecule is CCCCCCCCCCCCCCOC(=O)[C@H](Cc1ccccc1)NC(=O)c1ccccc1S(=O)(=O)O. The van der Waals surface area contributed by atoms with Crippen LogP contribution in [0.15, 0.2) is 59.5 Å². The number of carbonyl (C=O) groups is 2. The van der Waals surface area contributed by atoms with E-state index in [1.165, 1.54) is 76.0 Å². The van der Waals surface area contributed by atoms with Gasteiger partial charge in [-0.1, -0.05) is 120 Å². The van der Waals surface area contributed by atoms with Crippen LogP contribution in [-0.2, 0) is 26.1 Å². The average Bonchev–Trinajstić information content (AvgIpc) is 2.91. The largest absolute Gasteiger partial charge is 0.464 e. The van der Waals surface area contributed by atoms with E-state index in [0.717, 1.165) is 30.9 Å². The van der Waals surface area contributed by atoms with Crippen LogP contribution < -0.4 is 5.32 Å². The Hall–Kier alpha value is -2.71. The summed E-state index contributed by atoms with van der Waals surface area (Å²) in [5.74, 6) is -1.35. The lowest BCUT2D eigenvalue weighted by molar-refractivity contribution is -0.146. The molecule has 210 valence electrons. The van der Waals surface area contributed by atoms with E-state index in [-0.39, 0.29) is 18.6 Å². The predicted octanol–water partition coefficient (Wildman–Crippen LogP) is 6.52. The first-order valence-corrected chi connectivity index (χ1v) is 15.3. The highest BCUT2D eigenvalue weighted by Gasteiger charge is 2.26. The van der Waals surface area contributed by atoms with Crippen molar-refractivity contribution in [2.45, 2.75) is 101 Å². The van der Waals surface area contributed by atoms with Gasteiger partial charge in [0.15, 0.2) is 0 Å². The van der Waals surface area contributed by atoms with Crippen molar-refractivity contribution < 1.29 is 27.3 Å². The number of esters is 1. The van der Waals surface area contributed by atoms with Crippen LogP contribution in [-0.4, -0.2) is 37.5 Å². The fourth-order valence-corrected chi connectivity index (χ4v) is 5.06. The first-order valence-electron chi connectivity index (χ1n) is 13.9. The number of hydrogen-bond acceptors (Lipinski definition) is 5. The third-order valence-corrected chi connectivity index (χ3v) is 7.44. The lowest BCUT2D eigenvalue weighted by Gasteiger charge is -2.18. The van der Waals surface area contributed by atoms with Gasteiger partial charge in [-0.05, 0) is 24.1 Å². The third-order valence-electron chi connectivity index (χ3n) is 6.52. The average molecular weight is 546 g/mol. The summed E-state index contributed by atoms with van der Waals surface area (Å²) in [5, 5.41) is 2.60. The summed E-state index contributed by atoms with van der Waals surface area (Å²) >= 11 is 0. The molecule has 1 atom stereocenters. The summed E-state index contributed by atoms with van der Waals surface area (Å²) in [7, 11) is -4.61. The van der Waals surface area contributed by atoms with Crippen LogP contribution in [0.25, 0.3) is 0 Å². The summed E-state index contributed by atoms with van der Waals surface area (Å²) in [4.78, 5) is 25.3. The molecule has 0 spiro atoms. The summed E-state index contributed by atoms with van der Waals surface area (Å²) < 4.78 is 38.4. The second-order valence-corrected chi connectivity index (χ2v) is 11.1. The van der Waals surface area contributed by atoms with Gasteiger partial charge in [-0.15, -0.1) is 0 Å². The van der Waals surface area contributed by atoms with Gasteiger partial charge in [0, 0.05) is 6.42 Å². The molecule has 7 nitrogen and oxygen atoms in total. The first kappa shape index (κ1) is 31.5. The Balaban J connectivity index is 1.81. The lowest BCUT2D eigenvalue weighted by Crippen LogP contribution is -2.43. The fourth-order valence-electron chi connectivity index (χ4n) is 4.37. The zero-order chi connectivity index (χ0) is 27.6. The Morgan fingerprint density at radius 1 is 0.789 bits per heavy atom. The zero-order valence-electron chi connectivity index (χ0n) is 22.6. The summed E-state index contributed by atoms with van der Waals surface area (Å²) in [6, 6.07) is 13.5. The number of rotatable bonds is 19. The monoisotopic (exact) mass is 545 g/mol. The van der Waals surface area contributed by atoms with E-state index in [2.05, 4.69) is 12.2 Å². The fraction of sp³-hybridized carbons (Fsp3) is 0.533. The molecular formula is C30H43NO6S. The van der Waals surface area contributed by atoms with Crippen molar-refractivity contribution in [3.63, 3.8) is 0 Å². The number of carbonyl (C=O) groups excluding carboxylic acids is 2. The normalized spacial score (nSPS) is 12.2. The van der Waals surface area contributed by atoms with Crippen LogP contribution >= 0.6 is 0 Å². The minimum Gasteiger partial charge on any atom is -0.464 e. The second kappa shape index (κ2) is 17.7. The van der Waals surface area contributed by atoms with Gasteiger partial charge in [0.2, 0.25) is 0 Å². The van der Waals surface area contributed by atoms with E-state index < -0.39 is 32.9 Å². The van der Waals surface area contributed by atoms with E-state index in [9.17, 15) is 22.6 Å². The zero-order valence-corrected chi connectivity index (χ0v) is 23.4. The van der Waals surface area contributed by atoms with Gasteiger partial charge >= 0.3 is 5.97 Å². The van der Waals surface area contributed by atoms with E-state index >= 15 is 0 Å². The minimum absolute atomic E-state index is 0.192. The van der Waals surface area contributed by atoms with Crippen molar-refractivity contribution in [1.82, 2.24) is 5.32 Å². The molecule has 0 saturated heterocycles. The molecule has 2 N–H and O–H groups in total. The molecule has 0 aliphatic heterocycles. The molecule has 0 heterocycles. The van der Waals surface area contributed by atoms with Crippen molar-refractivity contribution in [3.05, 3.63) is 65.7 Å². The van der Waals surface area contributed by atoms with Crippen LogP contribution in [0.5, 0.6) is 0 Å². The summed E-state index contributed by atoms with van der Waals surface area (Å²) in [5.41, 5.74) is 0.588. The molecule has 2 aromatic carbocycles. The molecule has 0 aliphatic rings. The minimum atomic E-state index is -4.61. The standard InChI is InChI=1S/C30H43NO6S/c1-2-3-4-5-6-7-8-9-10-11-12-18-23-37-30(33)27(24-25-19-14-13-15-20-25)31-29(32)26-21-16-17-22-28(26)38(34,35)36/h13-17,19-22,27H,2-12,18,23-24H2,1H3,(H,31,32)(H,34,35,36)/t27-/m0/s1. The maximum Gasteiger partial charge on any atom is 0.328 e. The number of amides is 1. The number of hydrogen-bond donors (Lipinski definition) is 2. The van der Waals surface area contributed by atoms with Crippen LogP contribution in [0.3, 0.4) is 0 Å². The number of unbranched alkanes of at least 4 members (excludes halogenated alkanes) is 11. The molecule has 0 aliphatic carbocycles. The van der Waals surface area contributed by atoms with Gasteiger partial charge in [0.05, 0.1) is 12.2 Å². The Morgan fingerprint density at radius 3 is 1.89 bits per heavy atom. The maximum absolute atomic E-state index is 12.9. The third kappa shape index (κ3) is 12.2. The first-order chi connectivity index (χ1) is 18.3. The van der Waals surface area contributed by atoms with Crippen LogP contribution in [0.4, 0.5) is 0 Å². The molecule has 0 aromatic heterocycles. The van der Waals surface area contributed by atoms with Crippen molar-refractivity contribution in [3.8, 4) is 0 Å². The molecule has 0 unspecified atom stereocenters. The van der Waals surface area contributed by atoms with Gasteiger partial charge in [-0.3, -0.25) is 9.35 Å². The van der Waals surface area contributed by atoms with E-state index in [0.29, 0.717) is 0 Å². The highest BCUT2D eigenvalue weighted by atomic mass is 32.2. The molecular weight excluding hydrogens is 502 g/mol. The Morgan fingerprint density at radius 2 is 1.32 bits per heavy atom. The van der Waals surface area contributed by atoms with Gasteiger partial charge in [0.25, 0.3) is 16.0 Å². The second-order valence-electron chi connectivity index (χ2n) is 9.74. The van der Waals surface area contributed by atoms with Crippen LogP contribution in [0, 0.1) is 0 Å². The highest BCUT2D eigenvalue weighted by molar-refractivity contribution is 7.86. The summed E-state index contributed by atoms with van der Waals surface area (Å²) in [6.45, 7) is 2.50. The maximum atomic E-state index is 12.9. The van der Waals surface area contributed by atoms with E-state index in [1.807, 2.05) is 30.3 Å². The van der Waals surface area contributed by atoms with Gasteiger partial charge < -0.3 is 10.1 Å². The quantitative estimate of drug-likeness (QED) is 0.118. The molecule has 8 heteroatoms. The predicted molar refractivity (Wildman–Crippen MR) is 150 cm³/mol. The molecule has 0 bridgehead atoms. The summed E-state index contributed by atoms with van der Waals surface area (Å²) in [6.07, 6.45) is 14.7. The van der Waals surface area contributed by atoms with Crippen LogP contribution in [0.2, 0.25) is 0 Å². The Labute approximate surface area is 228 Å². The van der Waals surface area contributed by atoms with Crippen molar-refractivity contribution in [2.75, 3.05) is 6.61 Å². The number of benzene rings is 2. The molecule has 0 fully saturated rings. The van der Waals surface area contributed by atoms with Gasteiger partial charge in [0.1, 0.15) is 10.9 Å². The Bertz CT molecular complexity index is 1070. The lowest BCUT2D eigenvalue weighted by atomic mass is 10.0. The molecule has 0 radical (unpaired) electrons. The van der Waals surface area contributed by atoms with Crippen LogP contribution in [0.1, 0.15) is 99.9 Å². The molecule has 2 aromatic rings. The van der Waals surface area contributed by atoms with E-state index in [4.69, 9.17) is 4.74 Å². The molecule has 0 saturated carbocycles. The van der Waals surface area contributed by atoms with Crippen molar-refractivity contribution in [1.29, 1.82) is 0 Å². The smallest absolute Gasteiger partial charge is 0.328 e. The molecule has 2 rings (SSSR count). The van der Waals surface area contributed by atoms with Gasteiger partial charge in [-0.2, -0.15) is 8.42 Å². The molecule has 1 amide bonds. The van der Waals surface area contributed by atoms with E-state index in [1.54, 1.807) is 0 Å². The topological polar surface area (TPSA) is 110 Å². The van der Waals surface area contributed by atoms with Crippen molar-refractivity contribution >= 4 is 22.0 Å². The molecule has 38 heavy (non-hydrogen) atoms. The Kier molecular flexibility index (Phi) is 14.7.